The number of β-amino-alcohol motifs (C(OH)–C–C–N with tert-alkyl or cyclic N) is 1. The second-order valence-electron chi connectivity index (χ2n) is 7.91. The Hall–Kier alpha value is -1.66. The minimum Gasteiger partial charge on any atom is -0.392 e. The molecule has 0 unspecified atom stereocenters. The monoisotopic (exact) mass is 357 g/mol. The molecule has 6 heteroatoms. The van der Waals surface area contributed by atoms with Crippen molar-refractivity contribution >= 4 is 11.5 Å². The van der Waals surface area contributed by atoms with Crippen LogP contribution in [0, 0.1) is 13.8 Å². The predicted molar refractivity (Wildman–Crippen MR) is 104 cm³/mol. The molecule has 0 aliphatic carbocycles. The standard InChI is InChI=1S/C20H31N5O/c1-4-16-12-19(25-20(21-16)14(2)15(3)22-25)23-10-7-17(8-11-23)24-9-5-6-18(26)13-24/h12,17-18,26H,4-11,13H2,1-3H3/t18-/m1/s1. The average molecular weight is 358 g/mol. The highest BCUT2D eigenvalue weighted by molar-refractivity contribution is 5.57. The summed E-state index contributed by atoms with van der Waals surface area (Å²) in [6, 6.07) is 2.81. The molecule has 2 aliphatic heterocycles. The Morgan fingerprint density at radius 2 is 1.92 bits per heavy atom. The maximum Gasteiger partial charge on any atom is 0.160 e. The van der Waals surface area contributed by atoms with Gasteiger partial charge in [-0.05, 0) is 52.5 Å². The third-order valence-corrected chi connectivity index (χ3v) is 6.19. The number of aromatic nitrogens is 3. The van der Waals surface area contributed by atoms with E-state index >= 15 is 0 Å². The van der Waals surface area contributed by atoms with Gasteiger partial charge in [0.1, 0.15) is 5.82 Å². The number of hydrogen-bond donors (Lipinski definition) is 1. The van der Waals surface area contributed by atoms with E-state index in [2.05, 4.69) is 36.6 Å². The number of fused-ring (bicyclic) bond motifs is 1. The molecule has 26 heavy (non-hydrogen) atoms. The normalized spacial score (nSPS) is 23.1. The number of anilines is 1. The van der Waals surface area contributed by atoms with E-state index in [1.165, 1.54) is 11.4 Å². The van der Waals surface area contributed by atoms with Gasteiger partial charge in [0.15, 0.2) is 5.65 Å². The number of nitrogens with zero attached hydrogens (tertiary/aromatic N) is 5. The Bertz CT molecular complexity index is 778. The van der Waals surface area contributed by atoms with Crippen LogP contribution in [0.5, 0.6) is 0 Å². The van der Waals surface area contributed by atoms with E-state index < -0.39 is 0 Å². The number of likely N-dealkylation sites (tertiary alicyclic amines) is 1. The Morgan fingerprint density at radius 3 is 2.62 bits per heavy atom. The van der Waals surface area contributed by atoms with E-state index in [0.717, 1.165) is 75.3 Å². The fraction of sp³-hybridized carbons (Fsp3) is 0.700. The number of aliphatic hydroxyl groups is 1. The average Bonchev–Trinajstić information content (AvgIpc) is 2.95. The van der Waals surface area contributed by atoms with Gasteiger partial charge in [0.2, 0.25) is 0 Å². The summed E-state index contributed by atoms with van der Waals surface area (Å²) in [6.07, 6.45) is 5.19. The first-order valence-corrected chi connectivity index (χ1v) is 10.1. The van der Waals surface area contributed by atoms with Crippen LogP contribution in [0.15, 0.2) is 6.07 Å². The highest BCUT2D eigenvalue weighted by Gasteiger charge is 2.29. The van der Waals surface area contributed by atoms with E-state index in [4.69, 9.17) is 10.1 Å². The topological polar surface area (TPSA) is 56.9 Å². The molecule has 4 heterocycles. The molecule has 2 fully saturated rings. The number of hydrogen-bond acceptors (Lipinski definition) is 5. The molecule has 0 aromatic carbocycles. The van der Waals surface area contributed by atoms with Gasteiger partial charge in [-0.1, -0.05) is 6.92 Å². The number of aliphatic hydroxyl groups excluding tert-OH is 1. The van der Waals surface area contributed by atoms with Crippen molar-refractivity contribution in [2.45, 2.75) is 65.0 Å². The largest absolute Gasteiger partial charge is 0.392 e. The Morgan fingerprint density at radius 1 is 1.15 bits per heavy atom. The smallest absolute Gasteiger partial charge is 0.160 e. The summed E-state index contributed by atoms with van der Waals surface area (Å²) in [6.45, 7) is 10.4. The van der Waals surface area contributed by atoms with Crippen molar-refractivity contribution in [3.8, 4) is 0 Å². The zero-order chi connectivity index (χ0) is 18.3. The first kappa shape index (κ1) is 17.7. The SMILES string of the molecule is CCc1cc(N2CCC(N3CCC[C@@H](O)C3)CC2)n2nc(C)c(C)c2n1. The summed E-state index contributed by atoms with van der Waals surface area (Å²) in [4.78, 5) is 9.78. The third kappa shape index (κ3) is 3.21. The summed E-state index contributed by atoms with van der Waals surface area (Å²) in [7, 11) is 0. The maximum absolute atomic E-state index is 9.97. The van der Waals surface area contributed by atoms with Gasteiger partial charge in [-0.3, -0.25) is 4.90 Å². The molecule has 0 saturated carbocycles. The highest BCUT2D eigenvalue weighted by atomic mass is 16.3. The van der Waals surface area contributed by atoms with Crippen molar-refractivity contribution in [3.63, 3.8) is 0 Å². The van der Waals surface area contributed by atoms with E-state index in [1.54, 1.807) is 0 Å². The minimum absolute atomic E-state index is 0.135. The maximum atomic E-state index is 9.97. The van der Waals surface area contributed by atoms with Gasteiger partial charge in [-0.15, -0.1) is 0 Å². The van der Waals surface area contributed by atoms with Gasteiger partial charge in [-0.2, -0.15) is 9.61 Å². The molecule has 0 amide bonds. The Kier molecular flexibility index (Phi) is 4.88. The van der Waals surface area contributed by atoms with Crippen LogP contribution in [-0.4, -0.2) is 62.9 Å². The molecular formula is C20H31N5O. The first-order chi connectivity index (χ1) is 12.6. The van der Waals surface area contributed by atoms with Crippen LogP contribution in [0.1, 0.15) is 49.6 Å². The summed E-state index contributed by atoms with van der Waals surface area (Å²) >= 11 is 0. The summed E-state index contributed by atoms with van der Waals surface area (Å²) in [5.41, 5.74) is 4.37. The van der Waals surface area contributed by atoms with Crippen molar-refractivity contribution in [3.05, 3.63) is 23.0 Å². The lowest BCUT2D eigenvalue weighted by Gasteiger charge is -2.41. The van der Waals surface area contributed by atoms with Crippen molar-refractivity contribution in [2.75, 3.05) is 31.1 Å². The molecule has 0 radical (unpaired) electrons. The molecule has 6 nitrogen and oxygen atoms in total. The van der Waals surface area contributed by atoms with Crippen molar-refractivity contribution in [2.24, 2.45) is 0 Å². The van der Waals surface area contributed by atoms with E-state index in [9.17, 15) is 5.11 Å². The fourth-order valence-electron chi connectivity index (χ4n) is 4.44. The van der Waals surface area contributed by atoms with Crippen molar-refractivity contribution in [1.29, 1.82) is 0 Å². The van der Waals surface area contributed by atoms with Gasteiger partial charge >= 0.3 is 0 Å². The lowest BCUT2D eigenvalue weighted by molar-refractivity contribution is 0.0398. The predicted octanol–water partition coefficient (Wildman–Crippen LogP) is 2.33. The summed E-state index contributed by atoms with van der Waals surface area (Å²) < 4.78 is 2.04. The highest BCUT2D eigenvalue weighted by Crippen LogP contribution is 2.27. The van der Waals surface area contributed by atoms with Crippen molar-refractivity contribution < 1.29 is 5.11 Å². The third-order valence-electron chi connectivity index (χ3n) is 6.19. The second-order valence-corrected chi connectivity index (χ2v) is 7.91. The molecule has 2 aliphatic rings. The second kappa shape index (κ2) is 7.16. The van der Waals surface area contributed by atoms with E-state index in [0.29, 0.717) is 6.04 Å². The van der Waals surface area contributed by atoms with E-state index in [-0.39, 0.29) is 6.10 Å². The molecule has 2 saturated heterocycles. The van der Waals surface area contributed by atoms with Crippen LogP contribution in [0.2, 0.25) is 0 Å². The van der Waals surface area contributed by atoms with Crippen LogP contribution in [-0.2, 0) is 6.42 Å². The molecule has 4 rings (SSSR count). The van der Waals surface area contributed by atoms with Gasteiger partial charge in [-0.25, -0.2) is 4.98 Å². The molecular weight excluding hydrogens is 326 g/mol. The number of aryl methyl sites for hydroxylation is 3. The van der Waals surface area contributed by atoms with Gasteiger partial charge in [0.25, 0.3) is 0 Å². The van der Waals surface area contributed by atoms with Gasteiger partial charge in [0.05, 0.1) is 11.8 Å². The quantitative estimate of drug-likeness (QED) is 0.914. The Balaban J connectivity index is 1.55. The molecule has 1 N–H and O–H groups in total. The lowest BCUT2D eigenvalue weighted by atomic mass is 9.99. The molecule has 2 aromatic heterocycles. The number of rotatable bonds is 3. The lowest BCUT2D eigenvalue weighted by Crippen LogP contribution is -2.50. The molecule has 142 valence electrons. The summed E-state index contributed by atoms with van der Waals surface area (Å²) in [5, 5.41) is 14.7. The number of piperidine rings is 2. The summed E-state index contributed by atoms with van der Waals surface area (Å²) in [5.74, 6) is 1.18. The minimum atomic E-state index is -0.135. The molecule has 1 atom stereocenters. The van der Waals surface area contributed by atoms with E-state index in [1.807, 2.05) is 4.52 Å². The van der Waals surface area contributed by atoms with Crippen molar-refractivity contribution in [1.82, 2.24) is 19.5 Å². The van der Waals surface area contributed by atoms with Gasteiger partial charge in [0, 0.05) is 43.0 Å². The zero-order valence-corrected chi connectivity index (χ0v) is 16.3. The van der Waals surface area contributed by atoms with Crippen LogP contribution >= 0.6 is 0 Å². The van der Waals surface area contributed by atoms with Crippen LogP contribution in [0.4, 0.5) is 5.82 Å². The first-order valence-electron chi connectivity index (χ1n) is 10.1. The molecule has 2 aromatic rings. The van der Waals surface area contributed by atoms with Crippen LogP contribution in [0.3, 0.4) is 0 Å². The molecule has 0 spiro atoms. The Labute approximate surface area is 155 Å². The van der Waals surface area contributed by atoms with Crippen LogP contribution in [0.25, 0.3) is 5.65 Å². The van der Waals surface area contributed by atoms with Gasteiger partial charge < -0.3 is 10.0 Å². The fourth-order valence-corrected chi connectivity index (χ4v) is 4.44. The van der Waals surface area contributed by atoms with Crippen LogP contribution < -0.4 is 4.90 Å². The zero-order valence-electron chi connectivity index (χ0n) is 16.3. The molecule has 0 bridgehead atoms.